The van der Waals surface area contributed by atoms with Crippen LogP contribution in [0.15, 0.2) is 24.3 Å². The minimum atomic E-state index is 0.136. The third kappa shape index (κ3) is 6.42. The van der Waals surface area contributed by atoms with Crippen molar-refractivity contribution in [2.45, 2.75) is 71.9 Å². The van der Waals surface area contributed by atoms with Gasteiger partial charge in [0.25, 0.3) is 0 Å². The maximum Gasteiger partial charge on any atom is 0.119 e. The van der Waals surface area contributed by atoms with Gasteiger partial charge in [-0.05, 0) is 50.8 Å². The summed E-state index contributed by atoms with van der Waals surface area (Å²) in [6, 6.07) is 8.52. The molecule has 0 aromatic heterocycles. The first kappa shape index (κ1) is 17.0. The highest BCUT2D eigenvalue weighted by Gasteiger charge is 2.15. The lowest BCUT2D eigenvalue weighted by atomic mass is 10.0. The Hall–Kier alpha value is -1.02. The minimum absolute atomic E-state index is 0.136. The summed E-state index contributed by atoms with van der Waals surface area (Å²) < 4.78 is 6.12. The van der Waals surface area contributed by atoms with Crippen LogP contribution >= 0.6 is 0 Å². The molecule has 0 heterocycles. The van der Waals surface area contributed by atoms with Gasteiger partial charge in [0, 0.05) is 12.1 Å². The van der Waals surface area contributed by atoms with Crippen LogP contribution in [-0.4, -0.2) is 18.2 Å². The number of hydrogen-bond donors (Lipinski definition) is 1. The lowest BCUT2D eigenvalue weighted by Crippen LogP contribution is -2.42. The van der Waals surface area contributed by atoms with E-state index in [4.69, 9.17) is 4.74 Å². The van der Waals surface area contributed by atoms with Crippen LogP contribution in [0, 0.1) is 0 Å². The van der Waals surface area contributed by atoms with Crippen molar-refractivity contribution in [2.75, 3.05) is 6.54 Å². The lowest BCUT2D eigenvalue weighted by Gasteiger charge is -2.26. The number of hydrogen-bond acceptors (Lipinski definition) is 2. The number of rotatable bonds is 7. The van der Waals surface area contributed by atoms with Gasteiger partial charge in [0.1, 0.15) is 11.9 Å². The first-order chi connectivity index (χ1) is 9.31. The first-order valence-electron chi connectivity index (χ1n) is 7.83. The van der Waals surface area contributed by atoms with Gasteiger partial charge in [0.2, 0.25) is 0 Å². The van der Waals surface area contributed by atoms with E-state index in [9.17, 15) is 0 Å². The van der Waals surface area contributed by atoms with Crippen LogP contribution in [0.4, 0.5) is 0 Å². The summed E-state index contributed by atoms with van der Waals surface area (Å²) in [5.74, 6) is 1.54. The third-order valence-corrected chi connectivity index (χ3v) is 3.32. The normalized spacial score (nSPS) is 13.6. The average molecular weight is 277 g/mol. The number of ether oxygens (including phenoxy) is 1. The van der Waals surface area contributed by atoms with Gasteiger partial charge >= 0.3 is 0 Å². The molecule has 0 amide bonds. The van der Waals surface area contributed by atoms with Crippen LogP contribution in [-0.2, 0) is 0 Å². The molecule has 1 unspecified atom stereocenters. The van der Waals surface area contributed by atoms with E-state index in [0.717, 1.165) is 25.1 Å². The monoisotopic (exact) mass is 277 g/mol. The summed E-state index contributed by atoms with van der Waals surface area (Å²) >= 11 is 0. The molecule has 1 aromatic carbocycles. The molecule has 2 heteroatoms. The van der Waals surface area contributed by atoms with Gasteiger partial charge in [-0.2, -0.15) is 0 Å². The largest absolute Gasteiger partial charge is 0.489 e. The molecule has 114 valence electrons. The molecule has 0 radical (unpaired) electrons. The topological polar surface area (TPSA) is 21.3 Å². The second-order valence-electron chi connectivity index (χ2n) is 6.88. The average Bonchev–Trinajstić information content (AvgIpc) is 2.36. The second-order valence-corrected chi connectivity index (χ2v) is 6.88. The van der Waals surface area contributed by atoms with E-state index in [2.05, 4.69) is 71.1 Å². The zero-order valence-electron chi connectivity index (χ0n) is 14.0. The Bertz CT molecular complexity index is 375. The fourth-order valence-electron chi connectivity index (χ4n) is 2.07. The smallest absolute Gasteiger partial charge is 0.119 e. The predicted octanol–water partition coefficient (Wildman–Crippen LogP) is 4.75. The third-order valence-electron chi connectivity index (χ3n) is 3.32. The Labute approximate surface area is 124 Å². The van der Waals surface area contributed by atoms with Crippen LogP contribution in [0.3, 0.4) is 0 Å². The second kappa shape index (κ2) is 7.68. The summed E-state index contributed by atoms with van der Waals surface area (Å²) in [5, 5.41) is 3.53. The van der Waals surface area contributed by atoms with Crippen molar-refractivity contribution in [1.82, 2.24) is 5.32 Å². The van der Waals surface area contributed by atoms with Gasteiger partial charge in [0.05, 0.1) is 0 Å². The fourth-order valence-corrected chi connectivity index (χ4v) is 2.07. The molecule has 2 nitrogen and oxygen atoms in total. The molecule has 0 aliphatic heterocycles. The van der Waals surface area contributed by atoms with Gasteiger partial charge in [0.15, 0.2) is 0 Å². The Morgan fingerprint density at radius 2 is 1.70 bits per heavy atom. The van der Waals surface area contributed by atoms with Crippen molar-refractivity contribution in [3.05, 3.63) is 29.8 Å². The molecule has 0 bridgehead atoms. The fraction of sp³-hybridized carbons (Fsp3) is 0.667. The molecular formula is C18H31NO. The van der Waals surface area contributed by atoms with E-state index in [1.54, 1.807) is 0 Å². The van der Waals surface area contributed by atoms with Crippen molar-refractivity contribution < 1.29 is 4.74 Å². The zero-order valence-corrected chi connectivity index (χ0v) is 14.0. The Morgan fingerprint density at radius 3 is 2.15 bits per heavy atom. The molecule has 20 heavy (non-hydrogen) atoms. The summed E-state index contributed by atoms with van der Waals surface area (Å²) in [6.45, 7) is 14.1. The first-order valence-corrected chi connectivity index (χ1v) is 7.83. The summed E-state index contributed by atoms with van der Waals surface area (Å²) in [6.07, 6.45) is 2.46. The molecule has 1 aromatic rings. The lowest BCUT2D eigenvalue weighted by molar-refractivity contribution is 0.175. The van der Waals surface area contributed by atoms with Crippen LogP contribution < -0.4 is 10.1 Å². The molecule has 1 rings (SSSR count). The highest BCUT2D eigenvalue weighted by atomic mass is 16.5. The van der Waals surface area contributed by atoms with Gasteiger partial charge in [-0.1, -0.05) is 39.3 Å². The molecule has 0 saturated heterocycles. The van der Waals surface area contributed by atoms with Crippen molar-refractivity contribution in [3.63, 3.8) is 0 Å². The van der Waals surface area contributed by atoms with Crippen molar-refractivity contribution in [2.24, 2.45) is 0 Å². The van der Waals surface area contributed by atoms with E-state index in [-0.39, 0.29) is 11.6 Å². The summed E-state index contributed by atoms with van der Waals surface area (Å²) in [5.41, 5.74) is 1.49. The standard InChI is InChI=1S/C18H31NO/c1-7-8-17(13-19-18(4,5)6)20-16-11-9-15(10-12-16)14(2)3/h9-12,14,17,19H,7-8,13H2,1-6H3. The molecular weight excluding hydrogens is 246 g/mol. The molecule has 0 spiro atoms. The molecule has 0 aliphatic carbocycles. The van der Waals surface area contributed by atoms with Crippen LogP contribution in [0.5, 0.6) is 5.75 Å². The Kier molecular flexibility index (Phi) is 6.54. The predicted molar refractivity (Wildman–Crippen MR) is 87.6 cm³/mol. The van der Waals surface area contributed by atoms with Crippen molar-refractivity contribution in [1.29, 1.82) is 0 Å². The SMILES string of the molecule is CCCC(CNC(C)(C)C)Oc1ccc(C(C)C)cc1. The maximum atomic E-state index is 6.12. The van der Waals surface area contributed by atoms with E-state index in [1.807, 2.05) is 0 Å². The zero-order chi connectivity index (χ0) is 15.2. The maximum absolute atomic E-state index is 6.12. The molecule has 1 N–H and O–H groups in total. The van der Waals surface area contributed by atoms with E-state index in [0.29, 0.717) is 5.92 Å². The molecule has 0 saturated carbocycles. The van der Waals surface area contributed by atoms with Crippen LogP contribution in [0.25, 0.3) is 0 Å². The summed E-state index contributed by atoms with van der Waals surface area (Å²) in [4.78, 5) is 0. The Balaban J connectivity index is 2.60. The Morgan fingerprint density at radius 1 is 1.10 bits per heavy atom. The highest BCUT2D eigenvalue weighted by Crippen LogP contribution is 2.20. The van der Waals surface area contributed by atoms with Gasteiger partial charge in [-0.15, -0.1) is 0 Å². The highest BCUT2D eigenvalue weighted by molar-refractivity contribution is 5.29. The van der Waals surface area contributed by atoms with Crippen molar-refractivity contribution in [3.8, 4) is 5.75 Å². The molecule has 1 atom stereocenters. The molecule has 0 fully saturated rings. The van der Waals surface area contributed by atoms with E-state index < -0.39 is 0 Å². The molecule has 0 aliphatic rings. The quantitative estimate of drug-likeness (QED) is 0.777. The van der Waals surface area contributed by atoms with Crippen LogP contribution in [0.1, 0.15) is 65.9 Å². The number of benzene rings is 1. The van der Waals surface area contributed by atoms with Crippen molar-refractivity contribution >= 4 is 0 Å². The van der Waals surface area contributed by atoms with Gasteiger partial charge in [-0.3, -0.25) is 0 Å². The number of nitrogens with one attached hydrogen (secondary N) is 1. The van der Waals surface area contributed by atoms with Crippen LogP contribution in [0.2, 0.25) is 0 Å². The van der Waals surface area contributed by atoms with Gasteiger partial charge in [-0.25, -0.2) is 0 Å². The van der Waals surface area contributed by atoms with E-state index in [1.165, 1.54) is 5.56 Å². The minimum Gasteiger partial charge on any atom is -0.489 e. The summed E-state index contributed by atoms with van der Waals surface area (Å²) in [7, 11) is 0. The van der Waals surface area contributed by atoms with E-state index >= 15 is 0 Å². The van der Waals surface area contributed by atoms with Gasteiger partial charge < -0.3 is 10.1 Å².